The van der Waals surface area contributed by atoms with Crippen molar-refractivity contribution in [2.24, 2.45) is 0 Å². The Bertz CT molecular complexity index is 1470. The molecule has 1 aliphatic rings. The molecule has 9 heteroatoms. The van der Waals surface area contributed by atoms with E-state index in [1.54, 1.807) is 72.8 Å². The van der Waals surface area contributed by atoms with Crippen LogP contribution in [0.4, 0.5) is 11.4 Å². The predicted molar refractivity (Wildman–Crippen MR) is 137 cm³/mol. The van der Waals surface area contributed by atoms with E-state index >= 15 is 0 Å². The van der Waals surface area contributed by atoms with Gasteiger partial charge >= 0.3 is 0 Å². The summed E-state index contributed by atoms with van der Waals surface area (Å²) in [5, 5.41) is 11.3. The number of benzene rings is 3. The lowest BCUT2D eigenvalue weighted by atomic mass is 10.2. The lowest BCUT2D eigenvalue weighted by Gasteiger charge is -2.15. The summed E-state index contributed by atoms with van der Waals surface area (Å²) >= 11 is 12.2. The van der Waals surface area contributed by atoms with E-state index in [1.165, 1.54) is 10.9 Å². The molecule has 1 heterocycles. The minimum Gasteiger partial charge on any atom is -0.453 e. The smallest absolute Gasteiger partial charge is 0.299 e. The van der Waals surface area contributed by atoms with E-state index in [2.05, 4.69) is 15.7 Å². The van der Waals surface area contributed by atoms with E-state index in [-0.39, 0.29) is 23.4 Å². The molecule has 3 aromatic carbocycles. The number of hydrogen-bond acceptors (Lipinski definition) is 5. The van der Waals surface area contributed by atoms with Crippen molar-refractivity contribution in [1.82, 2.24) is 15.1 Å². The van der Waals surface area contributed by atoms with Gasteiger partial charge in [0.05, 0.1) is 11.9 Å². The predicted octanol–water partition coefficient (Wildman–Crippen LogP) is 5.97. The zero-order chi connectivity index (χ0) is 24.4. The molecule has 1 saturated carbocycles. The number of anilines is 2. The average Bonchev–Trinajstić information content (AvgIpc) is 3.66. The fourth-order valence-corrected chi connectivity index (χ4v) is 3.82. The lowest BCUT2D eigenvalue weighted by Crippen LogP contribution is -2.25. The van der Waals surface area contributed by atoms with Crippen molar-refractivity contribution in [2.75, 3.05) is 5.32 Å². The van der Waals surface area contributed by atoms with Crippen LogP contribution in [-0.2, 0) is 0 Å². The Labute approximate surface area is 211 Å². The number of hydrogen-bond donors (Lipinski definition) is 2. The molecule has 0 spiro atoms. The second-order valence-electron chi connectivity index (χ2n) is 8.09. The van der Waals surface area contributed by atoms with Gasteiger partial charge in [0, 0.05) is 27.3 Å². The molecule has 0 aliphatic heterocycles. The Hall–Kier alpha value is -3.81. The number of rotatable bonds is 7. The Balaban J connectivity index is 1.54. The third-order valence-corrected chi connectivity index (χ3v) is 5.80. The topological polar surface area (TPSA) is 85.2 Å². The zero-order valence-corrected chi connectivity index (χ0v) is 19.9. The Morgan fingerprint density at radius 3 is 2.46 bits per heavy atom. The van der Waals surface area contributed by atoms with Crippen molar-refractivity contribution in [2.45, 2.75) is 18.9 Å². The van der Waals surface area contributed by atoms with E-state index in [4.69, 9.17) is 27.9 Å². The summed E-state index contributed by atoms with van der Waals surface area (Å²) in [4.78, 5) is 26.1. The molecule has 2 N–H and O–H groups in total. The van der Waals surface area contributed by atoms with Crippen LogP contribution >= 0.6 is 23.2 Å². The zero-order valence-electron chi connectivity index (χ0n) is 18.4. The molecule has 1 amide bonds. The molecule has 1 fully saturated rings. The average molecular weight is 507 g/mol. The summed E-state index contributed by atoms with van der Waals surface area (Å²) in [6.07, 6.45) is 3.43. The molecular formula is C26H20Cl2N4O3. The maximum absolute atomic E-state index is 13.5. The second-order valence-corrected chi connectivity index (χ2v) is 8.97. The first-order valence-electron chi connectivity index (χ1n) is 11.0. The first kappa shape index (κ1) is 23.0. The molecule has 4 aromatic rings. The highest BCUT2D eigenvalue weighted by atomic mass is 35.5. The number of amides is 1. The quantitative estimate of drug-likeness (QED) is 0.322. The van der Waals surface area contributed by atoms with Gasteiger partial charge in [0.1, 0.15) is 5.75 Å². The minimum absolute atomic E-state index is 0.139. The molecule has 0 atom stereocenters. The van der Waals surface area contributed by atoms with Gasteiger partial charge in [-0.15, -0.1) is 0 Å². The van der Waals surface area contributed by atoms with Crippen molar-refractivity contribution in [3.8, 4) is 17.2 Å². The molecule has 1 aromatic heterocycles. The monoisotopic (exact) mass is 506 g/mol. The van der Waals surface area contributed by atoms with E-state index in [0.29, 0.717) is 32.7 Å². The van der Waals surface area contributed by atoms with Gasteiger partial charge in [-0.3, -0.25) is 9.59 Å². The normalized spacial score (nSPS) is 12.7. The third-order valence-electron chi connectivity index (χ3n) is 5.33. The van der Waals surface area contributed by atoms with Crippen molar-refractivity contribution in [3.63, 3.8) is 0 Å². The fourth-order valence-electron chi connectivity index (χ4n) is 3.46. The lowest BCUT2D eigenvalue weighted by molar-refractivity contribution is 0.0951. The second kappa shape index (κ2) is 9.82. The summed E-state index contributed by atoms with van der Waals surface area (Å²) in [6.45, 7) is 0. The van der Waals surface area contributed by atoms with Gasteiger partial charge in [0.2, 0.25) is 0 Å². The summed E-state index contributed by atoms with van der Waals surface area (Å²) in [5.41, 5.74) is 1.21. The molecule has 1 aliphatic carbocycles. The number of ether oxygens (including phenoxy) is 1. The molecule has 5 rings (SSSR count). The van der Waals surface area contributed by atoms with Crippen LogP contribution in [0, 0.1) is 0 Å². The standard InChI is InChI=1S/C26H20Cl2N4O3/c27-17-5-2-8-21(13-17)32-26(34)24(23(15-29-32)35-22-9-3-6-18(28)14-22)30-20-7-1-4-16(12-20)25(33)31-19-10-11-19/h1-9,12-15,19,30H,10-11H2,(H,31,33). The minimum atomic E-state index is -0.459. The summed E-state index contributed by atoms with van der Waals surface area (Å²) in [5.74, 6) is 0.487. The number of carbonyl (C=O) groups is 1. The van der Waals surface area contributed by atoms with Gasteiger partial charge < -0.3 is 15.4 Å². The van der Waals surface area contributed by atoms with Crippen molar-refractivity contribution < 1.29 is 9.53 Å². The van der Waals surface area contributed by atoms with Crippen molar-refractivity contribution in [1.29, 1.82) is 0 Å². The Morgan fingerprint density at radius 2 is 1.71 bits per heavy atom. The Morgan fingerprint density at radius 1 is 0.971 bits per heavy atom. The van der Waals surface area contributed by atoms with E-state index < -0.39 is 5.56 Å². The number of nitrogens with zero attached hydrogens (tertiary/aromatic N) is 2. The summed E-state index contributed by atoms with van der Waals surface area (Å²) in [7, 11) is 0. The molecule has 0 bridgehead atoms. The van der Waals surface area contributed by atoms with Crippen molar-refractivity contribution in [3.05, 3.63) is 105 Å². The van der Waals surface area contributed by atoms with E-state index in [9.17, 15) is 9.59 Å². The van der Waals surface area contributed by atoms with Gasteiger partial charge in [0.25, 0.3) is 11.5 Å². The maximum Gasteiger partial charge on any atom is 0.299 e. The highest BCUT2D eigenvalue weighted by Gasteiger charge is 2.24. The fraction of sp³-hybridized carbons (Fsp3) is 0.115. The van der Waals surface area contributed by atoms with Crippen LogP contribution in [0.3, 0.4) is 0 Å². The maximum atomic E-state index is 13.5. The number of nitrogens with one attached hydrogen (secondary N) is 2. The van der Waals surface area contributed by atoms with Crippen LogP contribution in [-0.4, -0.2) is 21.7 Å². The van der Waals surface area contributed by atoms with Crippen LogP contribution in [0.5, 0.6) is 11.5 Å². The van der Waals surface area contributed by atoms with Gasteiger partial charge in [-0.25, -0.2) is 0 Å². The van der Waals surface area contributed by atoms with Gasteiger partial charge in [-0.2, -0.15) is 9.78 Å². The molecule has 0 unspecified atom stereocenters. The summed E-state index contributed by atoms with van der Waals surface area (Å²) in [6, 6.07) is 20.8. The van der Waals surface area contributed by atoms with Crippen molar-refractivity contribution >= 4 is 40.5 Å². The first-order valence-corrected chi connectivity index (χ1v) is 11.7. The van der Waals surface area contributed by atoms with Crippen LogP contribution in [0.1, 0.15) is 23.2 Å². The number of aromatic nitrogens is 2. The van der Waals surface area contributed by atoms with Gasteiger partial charge in [-0.05, 0) is 67.4 Å². The van der Waals surface area contributed by atoms with Crippen LogP contribution < -0.4 is 20.9 Å². The van der Waals surface area contributed by atoms with Crippen LogP contribution in [0.2, 0.25) is 10.0 Å². The molecule has 0 saturated heterocycles. The van der Waals surface area contributed by atoms with Crippen LogP contribution in [0.15, 0.2) is 83.8 Å². The Kier molecular flexibility index (Phi) is 6.44. The van der Waals surface area contributed by atoms with E-state index in [1.807, 2.05) is 0 Å². The summed E-state index contributed by atoms with van der Waals surface area (Å²) < 4.78 is 7.19. The van der Waals surface area contributed by atoms with Gasteiger partial charge in [-0.1, -0.05) is 41.4 Å². The van der Waals surface area contributed by atoms with Crippen LogP contribution in [0.25, 0.3) is 5.69 Å². The SMILES string of the molecule is O=C(NC1CC1)c1cccc(Nc2c(Oc3cccc(Cl)c3)cnn(-c3cccc(Cl)c3)c2=O)c1. The number of carbonyl (C=O) groups excluding carboxylic acids is 1. The van der Waals surface area contributed by atoms with E-state index in [0.717, 1.165) is 12.8 Å². The number of halogens is 2. The van der Waals surface area contributed by atoms with Gasteiger partial charge in [0.15, 0.2) is 11.4 Å². The molecule has 7 nitrogen and oxygen atoms in total. The molecule has 35 heavy (non-hydrogen) atoms. The highest BCUT2D eigenvalue weighted by Crippen LogP contribution is 2.30. The molecular weight excluding hydrogens is 487 g/mol. The third kappa shape index (κ3) is 5.48. The highest BCUT2D eigenvalue weighted by molar-refractivity contribution is 6.31. The molecule has 176 valence electrons. The molecule has 0 radical (unpaired) electrons. The largest absolute Gasteiger partial charge is 0.453 e. The first-order chi connectivity index (χ1) is 17.0.